The van der Waals surface area contributed by atoms with E-state index in [9.17, 15) is 19.6 Å². The molecule has 2 N–H and O–H groups in total. The van der Waals surface area contributed by atoms with Gasteiger partial charge in [-0.25, -0.2) is 9.18 Å². The molecule has 1 atom stereocenters. The lowest BCUT2D eigenvalue weighted by atomic mass is 9.79. The van der Waals surface area contributed by atoms with Crippen LogP contribution in [0.5, 0.6) is 0 Å². The maximum Gasteiger partial charge on any atom is 0.329 e. The molecule has 1 aliphatic carbocycles. The van der Waals surface area contributed by atoms with Crippen molar-refractivity contribution in [2.75, 3.05) is 0 Å². The summed E-state index contributed by atoms with van der Waals surface area (Å²) in [6.45, 7) is 1.75. The number of allylic oxidation sites excluding steroid dienone is 1. The van der Waals surface area contributed by atoms with Gasteiger partial charge in [-0.3, -0.25) is 0 Å². The summed E-state index contributed by atoms with van der Waals surface area (Å²) in [6.07, 6.45) is 2.33. The van der Waals surface area contributed by atoms with Crippen LogP contribution in [0, 0.1) is 34.4 Å². The van der Waals surface area contributed by atoms with E-state index in [1.54, 1.807) is 6.92 Å². The van der Waals surface area contributed by atoms with Crippen LogP contribution in [0.25, 0.3) is 0 Å². The van der Waals surface area contributed by atoms with Crippen molar-refractivity contribution in [1.82, 2.24) is 0 Å². The highest BCUT2D eigenvalue weighted by Gasteiger charge is 2.60. The van der Waals surface area contributed by atoms with E-state index in [1.165, 1.54) is 24.3 Å². The maximum atomic E-state index is 13.1. The number of aliphatic carboxylic acids is 1. The number of rotatable bonds is 4. The minimum absolute atomic E-state index is 0.330. The fraction of sp³-hybridized carbons (Fsp3) is 0.333. The highest BCUT2D eigenvalue weighted by atomic mass is 19.1. The Morgan fingerprint density at radius 3 is 2.48 bits per heavy atom. The lowest BCUT2D eigenvalue weighted by Gasteiger charge is -2.27. The molecule has 23 heavy (non-hydrogen) atoms. The fourth-order valence-electron chi connectivity index (χ4n) is 2.39. The van der Waals surface area contributed by atoms with Crippen molar-refractivity contribution in [3.63, 3.8) is 0 Å². The van der Waals surface area contributed by atoms with Crippen LogP contribution in [0.2, 0.25) is 0 Å². The van der Waals surface area contributed by atoms with Crippen LogP contribution in [0.3, 0.4) is 0 Å². The number of nitrogens with zero attached hydrogens (tertiary/aromatic N) is 1. The van der Waals surface area contributed by atoms with Gasteiger partial charge in [0.2, 0.25) is 0 Å². The Morgan fingerprint density at radius 2 is 2.04 bits per heavy atom. The SMILES string of the molecule is CC/C(C#CC(O)(c1ccc(F)cc1)C1(C#N)CC1)=C/C(=O)O. The van der Waals surface area contributed by atoms with E-state index in [0.717, 1.165) is 6.08 Å². The van der Waals surface area contributed by atoms with Gasteiger partial charge in [0.05, 0.1) is 6.07 Å². The van der Waals surface area contributed by atoms with Crippen LogP contribution < -0.4 is 0 Å². The van der Waals surface area contributed by atoms with Crippen molar-refractivity contribution in [2.24, 2.45) is 5.41 Å². The van der Waals surface area contributed by atoms with Gasteiger partial charge in [0.1, 0.15) is 11.2 Å². The number of hydrogen-bond donors (Lipinski definition) is 2. The molecule has 1 aromatic carbocycles. The zero-order chi connectivity index (χ0) is 17.1. The Balaban J connectivity index is 2.51. The highest BCUT2D eigenvalue weighted by molar-refractivity contribution is 5.81. The summed E-state index contributed by atoms with van der Waals surface area (Å²) in [5.41, 5.74) is -2.13. The molecule has 0 bridgehead atoms. The Bertz CT molecular complexity index is 745. The van der Waals surface area contributed by atoms with Crippen molar-refractivity contribution in [1.29, 1.82) is 5.26 Å². The molecular formula is C18H16FNO3. The summed E-state index contributed by atoms with van der Waals surface area (Å²) in [5, 5.41) is 29.3. The molecule has 0 radical (unpaired) electrons. The molecule has 1 aliphatic rings. The standard InChI is InChI=1S/C18H16FNO3/c1-2-13(11-16(21)22)7-8-18(23,17(12-20)9-10-17)14-3-5-15(19)6-4-14/h3-6,11,23H,2,9-10H2,1H3,(H,21,22)/b13-11-. The number of nitriles is 1. The monoisotopic (exact) mass is 313 g/mol. The molecule has 4 nitrogen and oxygen atoms in total. The Labute approximate surface area is 133 Å². The first-order chi connectivity index (χ1) is 10.9. The molecule has 0 aromatic heterocycles. The first-order valence-corrected chi connectivity index (χ1v) is 7.23. The van der Waals surface area contributed by atoms with Gasteiger partial charge in [-0.15, -0.1) is 0 Å². The fourth-order valence-corrected chi connectivity index (χ4v) is 2.39. The van der Waals surface area contributed by atoms with Crippen molar-refractivity contribution in [3.8, 4) is 17.9 Å². The minimum atomic E-state index is -1.76. The van der Waals surface area contributed by atoms with Crippen molar-refractivity contribution < 1.29 is 19.4 Å². The second kappa shape index (κ2) is 6.24. The van der Waals surface area contributed by atoms with Gasteiger partial charge in [0.15, 0.2) is 5.60 Å². The van der Waals surface area contributed by atoms with E-state index in [-0.39, 0.29) is 0 Å². The predicted molar refractivity (Wildman–Crippen MR) is 81.4 cm³/mol. The molecular weight excluding hydrogens is 297 g/mol. The summed E-state index contributed by atoms with van der Waals surface area (Å²) in [5.74, 6) is 3.77. The smallest absolute Gasteiger partial charge is 0.329 e. The summed E-state index contributed by atoms with van der Waals surface area (Å²) < 4.78 is 13.1. The molecule has 0 saturated heterocycles. The molecule has 2 rings (SSSR count). The van der Waals surface area contributed by atoms with Gasteiger partial charge < -0.3 is 10.2 Å². The summed E-state index contributed by atoms with van der Waals surface area (Å²) in [4.78, 5) is 10.8. The first kappa shape index (κ1) is 16.7. The van der Waals surface area contributed by atoms with Gasteiger partial charge in [-0.1, -0.05) is 30.9 Å². The Morgan fingerprint density at radius 1 is 1.43 bits per heavy atom. The van der Waals surface area contributed by atoms with Gasteiger partial charge in [0.25, 0.3) is 0 Å². The lowest BCUT2D eigenvalue weighted by molar-refractivity contribution is -0.131. The number of carbonyl (C=O) groups is 1. The average Bonchev–Trinajstić information content (AvgIpc) is 3.33. The normalized spacial score (nSPS) is 18.1. The molecule has 1 saturated carbocycles. The van der Waals surface area contributed by atoms with Crippen LogP contribution in [0.4, 0.5) is 4.39 Å². The number of carboxylic acid groups (broad SMARTS) is 1. The third kappa shape index (κ3) is 3.26. The van der Waals surface area contributed by atoms with Gasteiger partial charge in [0, 0.05) is 11.6 Å². The summed E-state index contributed by atoms with van der Waals surface area (Å²) in [6, 6.07) is 7.30. The molecule has 1 fully saturated rings. The van der Waals surface area contributed by atoms with E-state index in [0.29, 0.717) is 30.4 Å². The van der Waals surface area contributed by atoms with Crippen LogP contribution in [0.15, 0.2) is 35.9 Å². The van der Waals surface area contributed by atoms with E-state index < -0.39 is 22.8 Å². The third-order valence-electron chi connectivity index (χ3n) is 4.00. The minimum Gasteiger partial charge on any atom is -0.478 e. The number of aliphatic hydroxyl groups is 1. The zero-order valence-electron chi connectivity index (χ0n) is 12.6. The largest absolute Gasteiger partial charge is 0.478 e. The molecule has 0 spiro atoms. The predicted octanol–water partition coefficient (Wildman–Crippen LogP) is 2.74. The van der Waals surface area contributed by atoms with Gasteiger partial charge >= 0.3 is 5.97 Å². The topological polar surface area (TPSA) is 81.3 Å². The van der Waals surface area contributed by atoms with Gasteiger partial charge in [-0.2, -0.15) is 5.26 Å². The van der Waals surface area contributed by atoms with Crippen LogP contribution in [0.1, 0.15) is 31.7 Å². The van der Waals surface area contributed by atoms with Crippen molar-refractivity contribution in [3.05, 3.63) is 47.3 Å². The maximum absolute atomic E-state index is 13.1. The summed E-state index contributed by atoms with van der Waals surface area (Å²) >= 11 is 0. The number of benzene rings is 1. The van der Waals surface area contributed by atoms with E-state index in [1.807, 2.05) is 0 Å². The number of halogens is 1. The zero-order valence-corrected chi connectivity index (χ0v) is 12.6. The van der Waals surface area contributed by atoms with Gasteiger partial charge in [-0.05, 0) is 37.0 Å². The third-order valence-corrected chi connectivity index (χ3v) is 4.00. The number of hydrogen-bond acceptors (Lipinski definition) is 3. The van der Waals surface area contributed by atoms with Crippen LogP contribution in [-0.2, 0) is 10.4 Å². The molecule has 5 heteroatoms. The van der Waals surface area contributed by atoms with E-state index in [2.05, 4.69) is 17.9 Å². The van der Waals surface area contributed by atoms with Crippen molar-refractivity contribution >= 4 is 5.97 Å². The van der Waals surface area contributed by atoms with E-state index in [4.69, 9.17) is 5.11 Å². The molecule has 118 valence electrons. The quantitative estimate of drug-likeness (QED) is 0.661. The molecule has 0 amide bonds. The highest BCUT2D eigenvalue weighted by Crippen LogP contribution is 2.57. The molecule has 1 unspecified atom stereocenters. The van der Waals surface area contributed by atoms with E-state index >= 15 is 0 Å². The first-order valence-electron chi connectivity index (χ1n) is 7.23. The Hall–Kier alpha value is -2.63. The molecule has 0 heterocycles. The summed E-state index contributed by atoms with van der Waals surface area (Å²) in [7, 11) is 0. The van der Waals surface area contributed by atoms with Crippen LogP contribution >= 0.6 is 0 Å². The molecule has 0 aliphatic heterocycles. The second-order valence-electron chi connectivity index (χ2n) is 5.52. The molecule has 1 aromatic rings. The average molecular weight is 313 g/mol. The van der Waals surface area contributed by atoms with Crippen molar-refractivity contribution in [2.45, 2.75) is 31.8 Å². The second-order valence-corrected chi connectivity index (χ2v) is 5.52. The Kier molecular flexibility index (Phi) is 4.54. The van der Waals surface area contributed by atoms with Crippen LogP contribution in [-0.4, -0.2) is 16.2 Å². The lowest BCUT2D eigenvalue weighted by Crippen LogP contribution is -2.34. The number of carboxylic acids is 1.